The van der Waals surface area contributed by atoms with Crippen LogP contribution in [0.2, 0.25) is 5.02 Å². The molecule has 3 nitrogen and oxygen atoms in total. The minimum Gasteiger partial charge on any atom is -0.389 e. The Kier molecular flexibility index (Phi) is 6.97. The third kappa shape index (κ3) is 6.35. The van der Waals surface area contributed by atoms with Crippen LogP contribution in [0.3, 0.4) is 0 Å². The first-order chi connectivity index (χ1) is 10.1. The quantitative estimate of drug-likeness (QED) is 0.811. The predicted octanol–water partition coefficient (Wildman–Crippen LogP) is 3.39. The van der Waals surface area contributed by atoms with Crippen molar-refractivity contribution in [2.45, 2.75) is 51.4 Å². The third-order valence-electron chi connectivity index (χ3n) is 4.09. The van der Waals surface area contributed by atoms with E-state index in [1.54, 1.807) is 0 Å². The third-order valence-corrected chi connectivity index (χ3v) is 4.32. The minimum absolute atomic E-state index is 0.337. The summed E-state index contributed by atoms with van der Waals surface area (Å²) in [6, 6.07) is 7.74. The SMILES string of the molecule is CC1CCC(OCC(O)CNCc2cccc(Cl)c2)CC1. The van der Waals surface area contributed by atoms with E-state index in [-0.39, 0.29) is 0 Å². The summed E-state index contributed by atoms with van der Waals surface area (Å²) in [4.78, 5) is 0. The van der Waals surface area contributed by atoms with Crippen LogP contribution in [-0.2, 0) is 11.3 Å². The average molecular weight is 312 g/mol. The minimum atomic E-state index is -0.455. The molecule has 1 aliphatic carbocycles. The number of aliphatic hydroxyl groups is 1. The Labute approximate surface area is 132 Å². The van der Waals surface area contributed by atoms with Crippen molar-refractivity contribution in [2.75, 3.05) is 13.2 Å². The molecule has 1 fully saturated rings. The summed E-state index contributed by atoms with van der Waals surface area (Å²) in [6.45, 7) is 3.96. The molecule has 1 saturated carbocycles. The molecule has 1 atom stereocenters. The molecular formula is C17H26ClNO2. The molecule has 0 saturated heterocycles. The number of hydrogen-bond donors (Lipinski definition) is 2. The Hall–Kier alpha value is -0.610. The predicted molar refractivity (Wildman–Crippen MR) is 86.5 cm³/mol. The Morgan fingerprint density at radius 2 is 2.10 bits per heavy atom. The second-order valence-electron chi connectivity index (χ2n) is 6.13. The van der Waals surface area contributed by atoms with Gasteiger partial charge in [-0.1, -0.05) is 30.7 Å². The maximum absolute atomic E-state index is 9.95. The van der Waals surface area contributed by atoms with E-state index in [4.69, 9.17) is 16.3 Å². The maximum atomic E-state index is 9.95. The monoisotopic (exact) mass is 311 g/mol. The van der Waals surface area contributed by atoms with Gasteiger partial charge in [0.1, 0.15) is 0 Å². The lowest BCUT2D eigenvalue weighted by molar-refractivity contribution is -0.0278. The van der Waals surface area contributed by atoms with Crippen molar-refractivity contribution in [3.63, 3.8) is 0 Å². The highest BCUT2D eigenvalue weighted by atomic mass is 35.5. The molecule has 1 aromatic carbocycles. The van der Waals surface area contributed by atoms with Crippen LogP contribution in [0.4, 0.5) is 0 Å². The van der Waals surface area contributed by atoms with E-state index in [0.717, 1.165) is 29.3 Å². The molecule has 2 rings (SSSR count). The molecule has 1 aromatic rings. The lowest BCUT2D eigenvalue weighted by Crippen LogP contribution is -2.32. The Morgan fingerprint density at radius 1 is 1.33 bits per heavy atom. The van der Waals surface area contributed by atoms with Gasteiger partial charge in [0, 0.05) is 18.1 Å². The van der Waals surface area contributed by atoms with Crippen LogP contribution in [0, 0.1) is 5.92 Å². The van der Waals surface area contributed by atoms with Crippen molar-refractivity contribution in [2.24, 2.45) is 5.92 Å². The number of benzene rings is 1. The van der Waals surface area contributed by atoms with Gasteiger partial charge in [0.15, 0.2) is 0 Å². The summed E-state index contributed by atoms with van der Waals surface area (Å²) in [5, 5.41) is 13.9. The van der Waals surface area contributed by atoms with Gasteiger partial charge in [0.2, 0.25) is 0 Å². The van der Waals surface area contributed by atoms with Gasteiger partial charge in [-0.3, -0.25) is 0 Å². The average Bonchev–Trinajstić information content (AvgIpc) is 2.47. The van der Waals surface area contributed by atoms with E-state index in [1.165, 1.54) is 12.8 Å². The molecule has 0 aromatic heterocycles. The highest BCUT2D eigenvalue weighted by Gasteiger charge is 2.19. The van der Waals surface area contributed by atoms with Crippen LogP contribution >= 0.6 is 11.6 Å². The molecule has 21 heavy (non-hydrogen) atoms. The zero-order valence-corrected chi connectivity index (χ0v) is 13.5. The molecular weight excluding hydrogens is 286 g/mol. The number of aliphatic hydroxyl groups excluding tert-OH is 1. The van der Waals surface area contributed by atoms with Crippen molar-refractivity contribution < 1.29 is 9.84 Å². The smallest absolute Gasteiger partial charge is 0.0897 e. The summed E-state index contributed by atoms with van der Waals surface area (Å²) in [5.74, 6) is 0.828. The van der Waals surface area contributed by atoms with Crippen LogP contribution in [0.15, 0.2) is 24.3 Å². The molecule has 0 radical (unpaired) electrons. The van der Waals surface area contributed by atoms with E-state index in [2.05, 4.69) is 12.2 Å². The first-order valence-corrected chi connectivity index (χ1v) is 8.26. The molecule has 1 unspecified atom stereocenters. The van der Waals surface area contributed by atoms with Gasteiger partial charge >= 0.3 is 0 Å². The summed E-state index contributed by atoms with van der Waals surface area (Å²) >= 11 is 5.94. The van der Waals surface area contributed by atoms with Crippen molar-refractivity contribution in [3.05, 3.63) is 34.9 Å². The summed E-state index contributed by atoms with van der Waals surface area (Å²) in [6.07, 6.45) is 4.63. The van der Waals surface area contributed by atoms with Crippen molar-refractivity contribution in [1.82, 2.24) is 5.32 Å². The lowest BCUT2D eigenvalue weighted by atomic mass is 9.89. The molecule has 2 N–H and O–H groups in total. The number of halogens is 1. The first-order valence-electron chi connectivity index (χ1n) is 7.88. The van der Waals surface area contributed by atoms with Crippen molar-refractivity contribution >= 4 is 11.6 Å². The van der Waals surface area contributed by atoms with E-state index >= 15 is 0 Å². The number of hydrogen-bond acceptors (Lipinski definition) is 3. The van der Waals surface area contributed by atoms with E-state index < -0.39 is 6.10 Å². The van der Waals surface area contributed by atoms with Gasteiger partial charge in [-0.05, 0) is 49.3 Å². The fourth-order valence-electron chi connectivity index (χ4n) is 2.73. The topological polar surface area (TPSA) is 41.5 Å². The normalized spacial score (nSPS) is 24.0. The number of nitrogens with one attached hydrogen (secondary N) is 1. The zero-order valence-electron chi connectivity index (χ0n) is 12.7. The summed E-state index contributed by atoms with van der Waals surface area (Å²) in [7, 11) is 0. The molecule has 0 heterocycles. The Morgan fingerprint density at radius 3 is 2.81 bits per heavy atom. The molecule has 4 heteroatoms. The number of ether oxygens (including phenoxy) is 1. The van der Waals surface area contributed by atoms with Crippen molar-refractivity contribution in [1.29, 1.82) is 0 Å². The number of rotatable bonds is 7. The summed E-state index contributed by atoms with van der Waals surface area (Å²) in [5.41, 5.74) is 1.12. The van der Waals surface area contributed by atoms with Gasteiger partial charge in [-0.15, -0.1) is 0 Å². The zero-order chi connectivity index (χ0) is 15.1. The van der Waals surface area contributed by atoms with E-state index in [0.29, 0.717) is 25.8 Å². The highest BCUT2D eigenvalue weighted by Crippen LogP contribution is 2.25. The highest BCUT2D eigenvalue weighted by molar-refractivity contribution is 6.30. The molecule has 0 amide bonds. The van der Waals surface area contributed by atoms with Gasteiger partial charge < -0.3 is 15.2 Å². The second-order valence-corrected chi connectivity index (χ2v) is 6.57. The van der Waals surface area contributed by atoms with E-state index in [9.17, 15) is 5.11 Å². The fraction of sp³-hybridized carbons (Fsp3) is 0.647. The van der Waals surface area contributed by atoms with Gasteiger partial charge in [-0.2, -0.15) is 0 Å². The lowest BCUT2D eigenvalue weighted by Gasteiger charge is -2.27. The molecule has 0 bridgehead atoms. The van der Waals surface area contributed by atoms with Crippen LogP contribution in [0.5, 0.6) is 0 Å². The first kappa shape index (κ1) is 16.8. The van der Waals surface area contributed by atoms with E-state index in [1.807, 2.05) is 24.3 Å². The van der Waals surface area contributed by atoms with Crippen LogP contribution in [-0.4, -0.2) is 30.5 Å². The second kappa shape index (κ2) is 8.74. The van der Waals surface area contributed by atoms with Crippen molar-refractivity contribution in [3.8, 4) is 0 Å². The Bertz CT molecular complexity index is 419. The van der Waals surface area contributed by atoms with Crippen LogP contribution in [0.1, 0.15) is 38.2 Å². The van der Waals surface area contributed by atoms with Gasteiger partial charge in [-0.25, -0.2) is 0 Å². The van der Waals surface area contributed by atoms with Crippen LogP contribution < -0.4 is 5.32 Å². The van der Waals surface area contributed by atoms with Gasteiger partial charge in [0.25, 0.3) is 0 Å². The molecule has 118 valence electrons. The summed E-state index contributed by atoms with van der Waals surface area (Å²) < 4.78 is 5.80. The Balaban J connectivity index is 1.58. The fourth-order valence-corrected chi connectivity index (χ4v) is 2.95. The molecule has 1 aliphatic rings. The largest absolute Gasteiger partial charge is 0.389 e. The molecule has 0 spiro atoms. The van der Waals surface area contributed by atoms with Gasteiger partial charge in [0.05, 0.1) is 18.8 Å². The maximum Gasteiger partial charge on any atom is 0.0897 e. The van der Waals surface area contributed by atoms with Crippen LogP contribution in [0.25, 0.3) is 0 Å². The standard InChI is InChI=1S/C17H26ClNO2/c1-13-5-7-17(8-6-13)21-12-16(20)11-19-10-14-3-2-4-15(18)9-14/h2-4,9,13,16-17,19-20H,5-8,10-12H2,1H3. The molecule has 0 aliphatic heterocycles.